The van der Waals surface area contributed by atoms with Gasteiger partial charge in [0.2, 0.25) is 0 Å². The van der Waals surface area contributed by atoms with Crippen molar-refractivity contribution in [1.29, 1.82) is 0 Å². The quantitative estimate of drug-likeness (QED) is 0.674. The van der Waals surface area contributed by atoms with Gasteiger partial charge in [0.05, 0.1) is 0 Å². The summed E-state index contributed by atoms with van der Waals surface area (Å²) in [6.07, 6.45) is 8.05. The average molecular weight is 227 g/mol. The van der Waals surface area contributed by atoms with Crippen LogP contribution in [0.15, 0.2) is 0 Å². The lowest BCUT2D eigenvalue weighted by molar-refractivity contribution is 0.190. The minimum absolute atomic E-state index is 0.789. The van der Waals surface area contributed by atoms with Crippen molar-refractivity contribution >= 4 is 0 Å². The average Bonchev–Trinajstić information content (AvgIpc) is 2.29. The monoisotopic (exact) mass is 227 g/mol. The number of hydrogen-bond donors (Lipinski definition) is 1. The molecule has 0 bridgehead atoms. The highest BCUT2D eigenvalue weighted by molar-refractivity contribution is 4.78. The summed E-state index contributed by atoms with van der Waals surface area (Å²) in [6, 6.07) is 0.789. The third-order valence-electron chi connectivity index (χ3n) is 3.92. The molecule has 0 unspecified atom stereocenters. The molecule has 1 rings (SSSR count). The fourth-order valence-corrected chi connectivity index (χ4v) is 2.67. The standard InChI is InChI=1S/C14H29NO/c1-12(2)13-6-8-14(9-7-13)15-10-4-5-11-16-3/h12-15H,4-11H2,1-3H3. The van der Waals surface area contributed by atoms with E-state index in [2.05, 4.69) is 19.2 Å². The van der Waals surface area contributed by atoms with Crippen molar-refractivity contribution in [2.24, 2.45) is 11.8 Å². The number of hydrogen-bond acceptors (Lipinski definition) is 2. The Morgan fingerprint density at radius 3 is 2.38 bits per heavy atom. The van der Waals surface area contributed by atoms with E-state index in [4.69, 9.17) is 4.74 Å². The molecule has 0 radical (unpaired) electrons. The zero-order valence-electron chi connectivity index (χ0n) is 11.3. The predicted molar refractivity (Wildman–Crippen MR) is 69.7 cm³/mol. The molecule has 1 aliphatic carbocycles. The topological polar surface area (TPSA) is 21.3 Å². The number of nitrogens with one attached hydrogen (secondary N) is 1. The largest absolute Gasteiger partial charge is 0.385 e. The van der Waals surface area contributed by atoms with E-state index >= 15 is 0 Å². The minimum Gasteiger partial charge on any atom is -0.385 e. The van der Waals surface area contributed by atoms with Crippen LogP contribution in [0, 0.1) is 11.8 Å². The third kappa shape index (κ3) is 5.31. The Bertz CT molecular complexity index is 162. The van der Waals surface area contributed by atoms with Gasteiger partial charge in [0.25, 0.3) is 0 Å². The van der Waals surface area contributed by atoms with Gasteiger partial charge in [-0.2, -0.15) is 0 Å². The summed E-state index contributed by atoms with van der Waals surface area (Å²) in [5.41, 5.74) is 0. The first kappa shape index (κ1) is 14.0. The maximum absolute atomic E-state index is 5.05. The van der Waals surface area contributed by atoms with Crippen molar-refractivity contribution in [3.05, 3.63) is 0 Å². The second kappa shape index (κ2) is 8.08. The van der Waals surface area contributed by atoms with Gasteiger partial charge in [0, 0.05) is 19.8 Å². The highest BCUT2D eigenvalue weighted by Crippen LogP contribution is 2.29. The van der Waals surface area contributed by atoms with Crippen LogP contribution in [0.5, 0.6) is 0 Å². The first-order valence-electron chi connectivity index (χ1n) is 6.96. The van der Waals surface area contributed by atoms with E-state index in [1.54, 1.807) is 7.11 Å². The Labute approximate surface area is 101 Å². The molecule has 0 aliphatic heterocycles. The summed E-state index contributed by atoms with van der Waals surface area (Å²) in [5.74, 6) is 1.86. The highest BCUT2D eigenvalue weighted by atomic mass is 16.5. The molecule has 0 heterocycles. The molecular weight excluding hydrogens is 198 g/mol. The molecule has 0 amide bonds. The number of rotatable bonds is 7. The van der Waals surface area contributed by atoms with Crippen molar-refractivity contribution in [3.8, 4) is 0 Å². The molecule has 0 aromatic rings. The summed E-state index contributed by atoms with van der Waals surface area (Å²) in [4.78, 5) is 0. The van der Waals surface area contributed by atoms with E-state index in [1.165, 1.54) is 45.1 Å². The zero-order chi connectivity index (χ0) is 11.8. The van der Waals surface area contributed by atoms with Crippen LogP contribution < -0.4 is 5.32 Å². The van der Waals surface area contributed by atoms with Crippen LogP contribution in [-0.2, 0) is 4.74 Å². The van der Waals surface area contributed by atoms with Crippen LogP contribution in [-0.4, -0.2) is 26.3 Å². The molecule has 1 aliphatic rings. The number of methoxy groups -OCH3 is 1. The van der Waals surface area contributed by atoms with Gasteiger partial charge in [-0.1, -0.05) is 13.8 Å². The summed E-state index contributed by atoms with van der Waals surface area (Å²) >= 11 is 0. The van der Waals surface area contributed by atoms with Gasteiger partial charge in [-0.05, 0) is 56.9 Å². The summed E-state index contributed by atoms with van der Waals surface area (Å²) in [7, 11) is 1.78. The number of unbranched alkanes of at least 4 members (excludes halogenated alkanes) is 1. The summed E-state index contributed by atoms with van der Waals surface area (Å²) in [5, 5.41) is 3.68. The number of ether oxygens (including phenoxy) is 1. The molecular formula is C14H29NO. The van der Waals surface area contributed by atoms with E-state index in [-0.39, 0.29) is 0 Å². The second-order valence-electron chi connectivity index (χ2n) is 5.51. The van der Waals surface area contributed by atoms with Crippen molar-refractivity contribution in [1.82, 2.24) is 5.32 Å². The van der Waals surface area contributed by atoms with Crippen LogP contribution in [0.1, 0.15) is 52.4 Å². The molecule has 0 saturated heterocycles. The highest BCUT2D eigenvalue weighted by Gasteiger charge is 2.22. The molecule has 1 fully saturated rings. The maximum Gasteiger partial charge on any atom is 0.0462 e. The molecule has 0 aromatic heterocycles. The Morgan fingerprint density at radius 2 is 1.81 bits per heavy atom. The Kier molecular flexibility index (Phi) is 7.06. The third-order valence-corrected chi connectivity index (χ3v) is 3.92. The maximum atomic E-state index is 5.05. The van der Waals surface area contributed by atoms with Crippen LogP contribution >= 0.6 is 0 Å². The first-order chi connectivity index (χ1) is 7.74. The van der Waals surface area contributed by atoms with Gasteiger partial charge in [-0.25, -0.2) is 0 Å². The Morgan fingerprint density at radius 1 is 1.12 bits per heavy atom. The molecule has 0 aromatic carbocycles. The normalized spacial score (nSPS) is 26.2. The van der Waals surface area contributed by atoms with E-state index in [1.807, 2.05) is 0 Å². The predicted octanol–water partition coefficient (Wildman–Crippen LogP) is 3.22. The smallest absolute Gasteiger partial charge is 0.0462 e. The van der Waals surface area contributed by atoms with Crippen molar-refractivity contribution < 1.29 is 4.74 Å². The zero-order valence-corrected chi connectivity index (χ0v) is 11.3. The summed E-state index contributed by atoms with van der Waals surface area (Å²) < 4.78 is 5.05. The van der Waals surface area contributed by atoms with Gasteiger partial charge >= 0.3 is 0 Å². The van der Waals surface area contributed by atoms with Crippen molar-refractivity contribution in [3.63, 3.8) is 0 Å². The first-order valence-corrected chi connectivity index (χ1v) is 6.96. The fraction of sp³-hybridized carbons (Fsp3) is 1.00. The molecule has 1 N–H and O–H groups in total. The molecule has 0 atom stereocenters. The SMILES string of the molecule is COCCCCNC1CCC(C(C)C)CC1. The molecule has 1 saturated carbocycles. The second-order valence-corrected chi connectivity index (χ2v) is 5.51. The molecule has 0 spiro atoms. The van der Waals surface area contributed by atoms with Gasteiger partial charge in [0.15, 0.2) is 0 Å². The molecule has 16 heavy (non-hydrogen) atoms. The van der Waals surface area contributed by atoms with E-state index < -0.39 is 0 Å². The van der Waals surface area contributed by atoms with Gasteiger partial charge in [0.1, 0.15) is 0 Å². The van der Waals surface area contributed by atoms with Crippen molar-refractivity contribution in [2.45, 2.75) is 58.4 Å². The lowest BCUT2D eigenvalue weighted by atomic mass is 9.80. The Hall–Kier alpha value is -0.0800. The van der Waals surface area contributed by atoms with Crippen LogP contribution in [0.25, 0.3) is 0 Å². The lowest BCUT2D eigenvalue weighted by Crippen LogP contribution is -2.34. The van der Waals surface area contributed by atoms with Gasteiger partial charge in [-0.15, -0.1) is 0 Å². The molecule has 96 valence electrons. The molecule has 2 nitrogen and oxygen atoms in total. The van der Waals surface area contributed by atoms with Gasteiger partial charge < -0.3 is 10.1 Å². The van der Waals surface area contributed by atoms with E-state index in [0.717, 1.165) is 24.5 Å². The van der Waals surface area contributed by atoms with E-state index in [9.17, 15) is 0 Å². The van der Waals surface area contributed by atoms with Gasteiger partial charge in [-0.3, -0.25) is 0 Å². The van der Waals surface area contributed by atoms with Crippen molar-refractivity contribution in [2.75, 3.05) is 20.3 Å². The lowest BCUT2D eigenvalue weighted by Gasteiger charge is -2.31. The Balaban J connectivity index is 1.99. The van der Waals surface area contributed by atoms with E-state index in [0.29, 0.717) is 0 Å². The fourth-order valence-electron chi connectivity index (χ4n) is 2.67. The minimum atomic E-state index is 0.789. The molecule has 2 heteroatoms. The van der Waals surface area contributed by atoms with Crippen LogP contribution in [0.2, 0.25) is 0 Å². The van der Waals surface area contributed by atoms with Crippen LogP contribution in [0.3, 0.4) is 0 Å². The summed E-state index contributed by atoms with van der Waals surface area (Å²) in [6.45, 7) is 6.80. The van der Waals surface area contributed by atoms with Crippen LogP contribution in [0.4, 0.5) is 0 Å².